The van der Waals surface area contributed by atoms with Gasteiger partial charge in [0, 0.05) is 5.02 Å². The lowest BCUT2D eigenvalue weighted by molar-refractivity contribution is -0.157. The predicted molar refractivity (Wildman–Crippen MR) is 74.1 cm³/mol. The van der Waals surface area contributed by atoms with E-state index in [9.17, 15) is 9.90 Å². The van der Waals surface area contributed by atoms with Crippen LogP contribution in [0.3, 0.4) is 0 Å². The Bertz CT molecular complexity index is 586. The number of aliphatic carboxylic acids is 1. The molecule has 0 aliphatic carbocycles. The van der Waals surface area contributed by atoms with E-state index >= 15 is 0 Å². The fourth-order valence-electron chi connectivity index (χ4n) is 1.75. The van der Waals surface area contributed by atoms with E-state index in [2.05, 4.69) is 0 Å². The first-order valence-electron chi connectivity index (χ1n) is 5.73. The van der Waals surface area contributed by atoms with Crippen molar-refractivity contribution in [2.24, 2.45) is 0 Å². The summed E-state index contributed by atoms with van der Waals surface area (Å²) in [6, 6.07) is 14.1. The van der Waals surface area contributed by atoms with E-state index in [-0.39, 0.29) is 0 Å². The Morgan fingerprint density at radius 1 is 1.00 bits per heavy atom. The van der Waals surface area contributed by atoms with E-state index in [0.29, 0.717) is 10.6 Å². The highest BCUT2D eigenvalue weighted by molar-refractivity contribution is 6.30. The van der Waals surface area contributed by atoms with Crippen molar-refractivity contribution in [3.8, 4) is 11.1 Å². The molecular formula is C15H13ClO3. The van der Waals surface area contributed by atoms with Gasteiger partial charge in [-0.25, -0.2) is 4.79 Å². The SMILES string of the molecule is CC(O)(C(=O)O)c1ccc(-c2ccc(Cl)cc2)cc1. The van der Waals surface area contributed by atoms with Crippen LogP contribution in [-0.4, -0.2) is 16.2 Å². The van der Waals surface area contributed by atoms with Crippen LogP contribution in [0.5, 0.6) is 0 Å². The third-order valence-corrected chi connectivity index (χ3v) is 3.29. The maximum atomic E-state index is 10.9. The van der Waals surface area contributed by atoms with Crippen LogP contribution in [0.2, 0.25) is 5.02 Å². The third-order valence-electron chi connectivity index (χ3n) is 3.04. The average molecular weight is 277 g/mol. The van der Waals surface area contributed by atoms with Gasteiger partial charge in [-0.2, -0.15) is 0 Å². The number of carboxylic acids is 1. The number of aliphatic hydroxyl groups is 1. The van der Waals surface area contributed by atoms with Crippen molar-refractivity contribution in [3.63, 3.8) is 0 Å². The van der Waals surface area contributed by atoms with Crippen LogP contribution in [-0.2, 0) is 10.4 Å². The van der Waals surface area contributed by atoms with E-state index in [0.717, 1.165) is 11.1 Å². The first kappa shape index (κ1) is 13.6. The predicted octanol–water partition coefficient (Wildman–Crippen LogP) is 3.30. The average Bonchev–Trinajstić information content (AvgIpc) is 2.39. The molecule has 0 saturated carbocycles. The van der Waals surface area contributed by atoms with Gasteiger partial charge >= 0.3 is 5.97 Å². The Balaban J connectivity index is 2.33. The number of rotatable bonds is 3. The quantitative estimate of drug-likeness (QED) is 0.904. The summed E-state index contributed by atoms with van der Waals surface area (Å²) in [5.41, 5.74) is 0.378. The van der Waals surface area contributed by atoms with Crippen molar-refractivity contribution in [2.45, 2.75) is 12.5 Å². The highest BCUT2D eigenvalue weighted by atomic mass is 35.5. The zero-order valence-corrected chi connectivity index (χ0v) is 11.1. The molecule has 3 nitrogen and oxygen atoms in total. The summed E-state index contributed by atoms with van der Waals surface area (Å²) < 4.78 is 0. The molecule has 2 aromatic rings. The van der Waals surface area contributed by atoms with Crippen LogP contribution in [0.15, 0.2) is 48.5 Å². The molecule has 0 aliphatic rings. The van der Waals surface area contributed by atoms with Crippen LogP contribution in [0.25, 0.3) is 11.1 Å². The first-order valence-corrected chi connectivity index (χ1v) is 6.11. The zero-order chi connectivity index (χ0) is 14.0. The maximum Gasteiger partial charge on any atom is 0.340 e. The lowest BCUT2D eigenvalue weighted by Gasteiger charge is -2.18. The second-order valence-corrected chi connectivity index (χ2v) is 4.90. The minimum absolute atomic E-state index is 0.345. The molecule has 1 unspecified atom stereocenters. The van der Waals surface area contributed by atoms with E-state index < -0.39 is 11.6 Å². The molecule has 19 heavy (non-hydrogen) atoms. The van der Waals surface area contributed by atoms with Gasteiger partial charge in [0.1, 0.15) is 0 Å². The zero-order valence-electron chi connectivity index (χ0n) is 10.3. The van der Waals surface area contributed by atoms with Crippen molar-refractivity contribution in [1.29, 1.82) is 0 Å². The molecule has 0 heterocycles. The summed E-state index contributed by atoms with van der Waals surface area (Å²) in [5, 5.41) is 19.5. The molecule has 4 heteroatoms. The largest absolute Gasteiger partial charge is 0.479 e. The highest BCUT2D eigenvalue weighted by Crippen LogP contribution is 2.26. The van der Waals surface area contributed by atoms with E-state index in [1.807, 2.05) is 12.1 Å². The van der Waals surface area contributed by atoms with Gasteiger partial charge in [-0.15, -0.1) is 0 Å². The number of halogens is 1. The summed E-state index contributed by atoms with van der Waals surface area (Å²) in [6.07, 6.45) is 0. The molecule has 0 radical (unpaired) electrons. The Hall–Kier alpha value is -1.84. The second kappa shape index (κ2) is 5.03. The van der Waals surface area contributed by atoms with Crippen molar-refractivity contribution < 1.29 is 15.0 Å². The van der Waals surface area contributed by atoms with Gasteiger partial charge in [0.25, 0.3) is 0 Å². The van der Waals surface area contributed by atoms with E-state index in [4.69, 9.17) is 16.7 Å². The summed E-state index contributed by atoms with van der Waals surface area (Å²) in [6.45, 7) is 1.26. The lowest BCUT2D eigenvalue weighted by Crippen LogP contribution is -2.31. The summed E-state index contributed by atoms with van der Waals surface area (Å²) >= 11 is 5.82. The molecule has 0 bridgehead atoms. The molecule has 2 N–H and O–H groups in total. The molecule has 0 spiro atoms. The van der Waals surface area contributed by atoms with E-state index in [1.54, 1.807) is 36.4 Å². The Labute approximate surface area is 116 Å². The fraction of sp³-hybridized carbons (Fsp3) is 0.133. The highest BCUT2D eigenvalue weighted by Gasteiger charge is 2.31. The third kappa shape index (κ3) is 2.78. The molecule has 2 aromatic carbocycles. The minimum atomic E-state index is -1.88. The van der Waals surface area contributed by atoms with Crippen LogP contribution in [0.1, 0.15) is 12.5 Å². The van der Waals surface area contributed by atoms with Crippen LogP contribution in [0.4, 0.5) is 0 Å². The molecular weight excluding hydrogens is 264 g/mol. The Kier molecular flexibility index (Phi) is 3.60. The van der Waals surface area contributed by atoms with Gasteiger partial charge in [0.05, 0.1) is 0 Å². The minimum Gasteiger partial charge on any atom is -0.479 e. The number of carbonyl (C=O) groups is 1. The van der Waals surface area contributed by atoms with Crippen molar-refractivity contribution in [2.75, 3.05) is 0 Å². The number of hydrogen-bond acceptors (Lipinski definition) is 2. The molecule has 0 aromatic heterocycles. The first-order chi connectivity index (χ1) is 8.91. The molecule has 1 atom stereocenters. The van der Waals surface area contributed by atoms with Gasteiger partial charge in [0.2, 0.25) is 0 Å². The maximum absolute atomic E-state index is 10.9. The summed E-state index contributed by atoms with van der Waals surface area (Å²) in [4.78, 5) is 10.9. The molecule has 0 amide bonds. The second-order valence-electron chi connectivity index (χ2n) is 4.46. The fourth-order valence-corrected chi connectivity index (χ4v) is 1.88. The van der Waals surface area contributed by atoms with Crippen LogP contribution in [0, 0.1) is 0 Å². The van der Waals surface area contributed by atoms with Gasteiger partial charge in [-0.1, -0.05) is 48.0 Å². The summed E-state index contributed by atoms with van der Waals surface area (Å²) in [5.74, 6) is -1.27. The van der Waals surface area contributed by atoms with Crippen molar-refractivity contribution in [3.05, 3.63) is 59.1 Å². The number of benzene rings is 2. The topological polar surface area (TPSA) is 57.5 Å². The molecule has 98 valence electrons. The molecule has 2 rings (SSSR count). The van der Waals surface area contributed by atoms with Gasteiger partial charge < -0.3 is 10.2 Å². The smallest absolute Gasteiger partial charge is 0.340 e. The van der Waals surface area contributed by atoms with E-state index in [1.165, 1.54) is 6.92 Å². The van der Waals surface area contributed by atoms with Crippen LogP contribution >= 0.6 is 11.6 Å². The normalized spacial score (nSPS) is 13.8. The van der Waals surface area contributed by atoms with Crippen molar-refractivity contribution >= 4 is 17.6 Å². The standard InChI is InChI=1S/C15H13ClO3/c1-15(19,14(17)18)12-6-2-10(3-7-12)11-4-8-13(16)9-5-11/h2-9,19H,1H3,(H,17,18). The van der Waals surface area contributed by atoms with Gasteiger partial charge in [0.15, 0.2) is 5.60 Å². The van der Waals surface area contributed by atoms with Crippen molar-refractivity contribution in [1.82, 2.24) is 0 Å². The van der Waals surface area contributed by atoms with Gasteiger partial charge in [-0.05, 0) is 35.7 Å². The molecule has 0 fully saturated rings. The Morgan fingerprint density at radius 2 is 1.42 bits per heavy atom. The molecule has 0 aliphatic heterocycles. The van der Waals surface area contributed by atoms with Gasteiger partial charge in [-0.3, -0.25) is 0 Å². The lowest BCUT2D eigenvalue weighted by atomic mass is 9.94. The molecule has 0 saturated heterocycles. The Morgan fingerprint density at radius 3 is 1.84 bits per heavy atom. The van der Waals surface area contributed by atoms with Crippen LogP contribution < -0.4 is 0 Å². The number of carboxylic acid groups (broad SMARTS) is 1. The summed E-state index contributed by atoms with van der Waals surface area (Å²) in [7, 11) is 0. The monoisotopic (exact) mass is 276 g/mol. The number of hydrogen-bond donors (Lipinski definition) is 2.